The first-order valence-corrected chi connectivity index (χ1v) is 8.48. The molecule has 6 nitrogen and oxygen atoms in total. The Morgan fingerprint density at radius 1 is 1.52 bits per heavy atom. The molecule has 23 heavy (non-hydrogen) atoms. The van der Waals surface area contributed by atoms with Crippen LogP contribution >= 0.6 is 11.3 Å². The highest BCUT2D eigenvalue weighted by Gasteiger charge is 2.26. The van der Waals surface area contributed by atoms with Crippen molar-refractivity contribution >= 4 is 23.1 Å². The number of nitrogens with one attached hydrogen (secondary N) is 2. The first-order chi connectivity index (χ1) is 11.0. The molecule has 0 bridgehead atoms. The Morgan fingerprint density at radius 3 is 3.04 bits per heavy atom. The van der Waals surface area contributed by atoms with Gasteiger partial charge >= 0.3 is 0 Å². The zero-order valence-electron chi connectivity index (χ0n) is 13.3. The Hall–Kier alpha value is -2.15. The lowest BCUT2D eigenvalue weighted by atomic mass is 10.2. The molecule has 1 fully saturated rings. The monoisotopic (exact) mass is 332 g/mol. The Bertz CT molecular complexity index is 767. The number of hydrogen-bond donors (Lipinski definition) is 2. The lowest BCUT2D eigenvalue weighted by molar-refractivity contribution is -0.120. The summed E-state index contributed by atoms with van der Waals surface area (Å²) in [5, 5.41) is 3.07. The van der Waals surface area contributed by atoms with Crippen LogP contribution in [0.15, 0.2) is 23.3 Å². The SMILES string of the molecule is Cc1cc(C)c(CC(=O)NC2CCN(c3ncc[nH]c3=O)C2)s1. The second-order valence-electron chi connectivity index (χ2n) is 5.88. The predicted molar refractivity (Wildman–Crippen MR) is 91.1 cm³/mol. The Morgan fingerprint density at radius 2 is 2.35 bits per heavy atom. The molecular formula is C16H20N4O2S. The van der Waals surface area contributed by atoms with E-state index < -0.39 is 0 Å². The van der Waals surface area contributed by atoms with E-state index in [0.29, 0.717) is 18.8 Å². The van der Waals surface area contributed by atoms with Gasteiger partial charge in [0, 0.05) is 41.3 Å². The smallest absolute Gasteiger partial charge is 0.290 e. The van der Waals surface area contributed by atoms with Crippen molar-refractivity contribution in [2.45, 2.75) is 32.7 Å². The summed E-state index contributed by atoms with van der Waals surface area (Å²) in [5.74, 6) is 0.464. The molecule has 2 aromatic rings. The van der Waals surface area contributed by atoms with E-state index in [-0.39, 0.29) is 17.5 Å². The molecule has 2 aromatic heterocycles. The van der Waals surface area contributed by atoms with Crippen molar-refractivity contribution in [3.8, 4) is 0 Å². The van der Waals surface area contributed by atoms with Crippen LogP contribution in [0.5, 0.6) is 0 Å². The molecule has 1 amide bonds. The summed E-state index contributed by atoms with van der Waals surface area (Å²) >= 11 is 1.67. The molecule has 1 atom stereocenters. The fraction of sp³-hybridized carbons (Fsp3) is 0.438. The zero-order valence-corrected chi connectivity index (χ0v) is 14.1. The maximum Gasteiger partial charge on any atom is 0.290 e. The lowest BCUT2D eigenvalue weighted by Gasteiger charge is -2.16. The van der Waals surface area contributed by atoms with Gasteiger partial charge in [0.1, 0.15) is 0 Å². The first-order valence-electron chi connectivity index (χ1n) is 7.67. The molecular weight excluding hydrogens is 312 g/mol. The lowest BCUT2D eigenvalue weighted by Crippen LogP contribution is -2.38. The third-order valence-electron chi connectivity index (χ3n) is 4.01. The number of carbonyl (C=O) groups excluding carboxylic acids is 1. The average molecular weight is 332 g/mol. The van der Waals surface area contributed by atoms with Crippen molar-refractivity contribution in [3.63, 3.8) is 0 Å². The van der Waals surface area contributed by atoms with Gasteiger partial charge in [0.25, 0.3) is 5.56 Å². The number of amides is 1. The van der Waals surface area contributed by atoms with Crippen LogP contribution in [-0.4, -0.2) is 35.0 Å². The summed E-state index contributed by atoms with van der Waals surface area (Å²) in [6.07, 6.45) is 4.34. The number of hydrogen-bond acceptors (Lipinski definition) is 5. The minimum absolute atomic E-state index is 0.0386. The highest BCUT2D eigenvalue weighted by molar-refractivity contribution is 7.12. The van der Waals surface area contributed by atoms with Crippen molar-refractivity contribution in [2.24, 2.45) is 0 Å². The zero-order chi connectivity index (χ0) is 16.4. The Balaban J connectivity index is 1.58. The van der Waals surface area contributed by atoms with Gasteiger partial charge in [-0.1, -0.05) is 0 Å². The van der Waals surface area contributed by atoms with Gasteiger partial charge < -0.3 is 15.2 Å². The molecule has 1 unspecified atom stereocenters. The molecule has 122 valence electrons. The number of nitrogens with zero attached hydrogens (tertiary/aromatic N) is 2. The maximum absolute atomic E-state index is 12.2. The van der Waals surface area contributed by atoms with Crippen molar-refractivity contribution < 1.29 is 4.79 Å². The van der Waals surface area contributed by atoms with Gasteiger partial charge in [0.2, 0.25) is 5.91 Å². The first kappa shape index (κ1) is 15.7. The number of aryl methyl sites for hydroxylation is 2. The van der Waals surface area contributed by atoms with Crippen LogP contribution < -0.4 is 15.8 Å². The minimum atomic E-state index is -0.191. The number of thiophene rings is 1. The van der Waals surface area contributed by atoms with Gasteiger partial charge in [0.15, 0.2) is 5.82 Å². The molecule has 3 rings (SSSR count). The summed E-state index contributed by atoms with van der Waals surface area (Å²) in [5.41, 5.74) is 0.986. The van der Waals surface area contributed by atoms with Gasteiger partial charge in [0.05, 0.1) is 6.42 Å². The molecule has 0 saturated carbocycles. The van der Waals surface area contributed by atoms with Crippen LogP contribution in [0, 0.1) is 13.8 Å². The molecule has 7 heteroatoms. The van der Waals surface area contributed by atoms with Crippen LogP contribution in [0.3, 0.4) is 0 Å². The van der Waals surface area contributed by atoms with E-state index in [2.05, 4.69) is 28.3 Å². The van der Waals surface area contributed by atoms with Crippen molar-refractivity contribution in [1.29, 1.82) is 0 Å². The van der Waals surface area contributed by atoms with Crippen LogP contribution in [0.1, 0.15) is 21.7 Å². The van der Waals surface area contributed by atoms with Gasteiger partial charge in [-0.25, -0.2) is 4.98 Å². The minimum Gasteiger partial charge on any atom is -0.351 e. The second-order valence-corrected chi connectivity index (χ2v) is 7.22. The Kier molecular flexibility index (Phi) is 4.47. The second kappa shape index (κ2) is 6.54. The highest BCUT2D eigenvalue weighted by atomic mass is 32.1. The normalized spacial score (nSPS) is 17.5. The summed E-state index contributed by atoms with van der Waals surface area (Å²) in [4.78, 5) is 35.0. The molecule has 0 aromatic carbocycles. The fourth-order valence-electron chi connectivity index (χ4n) is 2.93. The molecule has 1 aliphatic rings. The van der Waals surface area contributed by atoms with Gasteiger partial charge in [-0.15, -0.1) is 11.3 Å². The summed E-state index contributed by atoms with van der Waals surface area (Å²) in [6, 6.07) is 2.17. The fourth-order valence-corrected chi connectivity index (χ4v) is 3.98. The predicted octanol–water partition coefficient (Wildman–Crippen LogP) is 1.39. The van der Waals surface area contributed by atoms with Crippen LogP contribution in [0.4, 0.5) is 5.82 Å². The maximum atomic E-state index is 12.2. The summed E-state index contributed by atoms with van der Waals surface area (Å²) in [6.45, 7) is 5.44. The number of anilines is 1. The standard InChI is InChI=1S/C16H20N4O2S/c1-10-7-11(2)23-13(10)8-14(21)19-12-3-6-20(9-12)15-16(22)18-5-4-17-15/h4-5,7,12H,3,6,8-9H2,1-2H3,(H,18,22)(H,19,21). The van der Waals surface area contributed by atoms with Crippen molar-refractivity contribution in [2.75, 3.05) is 18.0 Å². The highest BCUT2D eigenvalue weighted by Crippen LogP contribution is 2.21. The van der Waals surface area contributed by atoms with Crippen LogP contribution in [-0.2, 0) is 11.2 Å². The molecule has 0 radical (unpaired) electrons. The molecule has 1 saturated heterocycles. The average Bonchev–Trinajstić information content (AvgIpc) is 3.06. The van der Waals surface area contributed by atoms with E-state index in [1.54, 1.807) is 17.5 Å². The largest absolute Gasteiger partial charge is 0.351 e. The third kappa shape index (κ3) is 3.61. The molecule has 1 aliphatic heterocycles. The molecule has 3 heterocycles. The summed E-state index contributed by atoms with van der Waals surface area (Å²) < 4.78 is 0. The topological polar surface area (TPSA) is 78.1 Å². The van der Waals surface area contributed by atoms with E-state index in [9.17, 15) is 9.59 Å². The molecule has 2 N–H and O–H groups in total. The van der Waals surface area contributed by atoms with Crippen molar-refractivity contribution in [3.05, 3.63) is 44.1 Å². The van der Waals surface area contributed by atoms with Gasteiger partial charge in [-0.3, -0.25) is 9.59 Å². The number of rotatable bonds is 4. The number of carbonyl (C=O) groups is 1. The van der Waals surface area contributed by atoms with E-state index >= 15 is 0 Å². The Labute approximate surface area is 138 Å². The van der Waals surface area contributed by atoms with E-state index in [4.69, 9.17) is 0 Å². The van der Waals surface area contributed by atoms with Crippen molar-refractivity contribution in [1.82, 2.24) is 15.3 Å². The molecule has 0 aliphatic carbocycles. The third-order valence-corrected chi connectivity index (χ3v) is 5.16. The van der Waals surface area contributed by atoms with E-state index in [1.165, 1.54) is 16.6 Å². The quantitative estimate of drug-likeness (QED) is 0.887. The van der Waals surface area contributed by atoms with E-state index in [1.807, 2.05) is 11.8 Å². The molecule has 0 spiro atoms. The summed E-state index contributed by atoms with van der Waals surface area (Å²) in [7, 11) is 0. The number of aromatic amines is 1. The van der Waals surface area contributed by atoms with Gasteiger partial charge in [-0.2, -0.15) is 0 Å². The van der Waals surface area contributed by atoms with E-state index in [0.717, 1.165) is 17.8 Å². The number of aromatic nitrogens is 2. The van der Waals surface area contributed by atoms with Gasteiger partial charge in [-0.05, 0) is 31.9 Å². The van der Waals surface area contributed by atoms with Crippen LogP contribution in [0.25, 0.3) is 0 Å². The number of H-pyrrole nitrogens is 1. The van der Waals surface area contributed by atoms with Crippen LogP contribution in [0.2, 0.25) is 0 Å².